The first-order chi connectivity index (χ1) is 12.5. The molecule has 3 atom stereocenters. The van der Waals surface area contributed by atoms with Gasteiger partial charge in [0.2, 0.25) is 15.9 Å². The van der Waals surface area contributed by atoms with Crippen LogP contribution in [-0.2, 0) is 21.4 Å². The molecule has 10 heteroatoms. The molecule has 0 aromatic carbocycles. The summed E-state index contributed by atoms with van der Waals surface area (Å²) in [4.78, 5) is 31.5. The minimum absolute atomic E-state index is 0. The number of hydrogen-bond acceptors (Lipinski definition) is 6. The summed E-state index contributed by atoms with van der Waals surface area (Å²) in [6.07, 6.45) is 1.57. The number of halogens is 1. The number of likely N-dealkylation sites (tertiary alicyclic amines) is 1. The van der Waals surface area contributed by atoms with Crippen LogP contribution in [0.2, 0.25) is 0 Å². The van der Waals surface area contributed by atoms with Crippen LogP contribution >= 0.6 is 23.7 Å². The Hall–Kier alpha value is -1.16. The summed E-state index contributed by atoms with van der Waals surface area (Å²) >= 11 is 1.46. The van der Waals surface area contributed by atoms with E-state index >= 15 is 0 Å². The second-order valence-corrected chi connectivity index (χ2v) is 11.0. The molecule has 0 N–H and O–H groups in total. The summed E-state index contributed by atoms with van der Waals surface area (Å²) in [7, 11) is 0.299. The molecule has 3 heterocycles. The van der Waals surface area contributed by atoms with Crippen molar-refractivity contribution in [1.82, 2.24) is 14.1 Å². The van der Waals surface area contributed by atoms with Crippen molar-refractivity contribution in [3.05, 3.63) is 21.9 Å². The summed E-state index contributed by atoms with van der Waals surface area (Å²) < 4.78 is 25.4. The van der Waals surface area contributed by atoms with E-state index in [2.05, 4.69) is 0 Å². The van der Waals surface area contributed by atoms with E-state index in [9.17, 15) is 18.0 Å². The first-order valence-corrected chi connectivity index (χ1v) is 11.8. The molecule has 0 bridgehead atoms. The quantitative estimate of drug-likeness (QED) is 0.685. The van der Waals surface area contributed by atoms with Crippen LogP contribution in [0.15, 0.2) is 12.1 Å². The van der Waals surface area contributed by atoms with E-state index < -0.39 is 22.0 Å². The lowest BCUT2D eigenvalue weighted by molar-refractivity contribution is -0.129. The highest BCUT2D eigenvalue weighted by atomic mass is 35.5. The fraction of sp³-hybridized carbons (Fsp3) is 0.667. The molecule has 0 radical (unpaired) electrons. The molecule has 1 aromatic heterocycles. The van der Waals surface area contributed by atoms with Crippen LogP contribution in [0.5, 0.6) is 0 Å². The van der Waals surface area contributed by atoms with Gasteiger partial charge < -0.3 is 9.80 Å². The maximum absolute atomic E-state index is 13.2. The number of carbonyl (C=O) groups excluding carboxylic acids is 2. The van der Waals surface area contributed by atoms with Crippen molar-refractivity contribution in [1.29, 1.82) is 0 Å². The number of fused-ring (bicyclic) bond motifs is 1. The van der Waals surface area contributed by atoms with Crippen LogP contribution in [0, 0.1) is 11.8 Å². The molecule has 0 saturated carbocycles. The van der Waals surface area contributed by atoms with Crippen molar-refractivity contribution in [3.63, 3.8) is 0 Å². The maximum atomic E-state index is 13.2. The lowest BCUT2D eigenvalue weighted by Gasteiger charge is -2.28. The minimum atomic E-state index is -3.65. The lowest BCUT2D eigenvalue weighted by Crippen LogP contribution is -2.44. The number of nitrogens with zero attached hydrogens (tertiary/aromatic N) is 3. The van der Waals surface area contributed by atoms with Gasteiger partial charge in [0.1, 0.15) is 0 Å². The van der Waals surface area contributed by atoms with Gasteiger partial charge in [0, 0.05) is 18.0 Å². The third-order valence-corrected chi connectivity index (χ3v) is 7.50. The molecular weight excluding hydrogens is 422 g/mol. The fourth-order valence-electron chi connectivity index (χ4n) is 4.30. The van der Waals surface area contributed by atoms with Gasteiger partial charge in [0.25, 0.3) is 5.91 Å². The molecule has 0 unspecified atom stereocenters. The van der Waals surface area contributed by atoms with Crippen LogP contribution in [0.1, 0.15) is 34.8 Å². The Morgan fingerprint density at radius 1 is 1.32 bits per heavy atom. The second-order valence-electron chi connectivity index (χ2n) is 8.02. The third kappa shape index (κ3) is 4.08. The molecule has 0 aliphatic carbocycles. The molecule has 0 spiro atoms. The van der Waals surface area contributed by atoms with Gasteiger partial charge in [-0.1, -0.05) is 13.8 Å². The second kappa shape index (κ2) is 8.30. The molecule has 158 valence electrons. The number of carbonyl (C=O) groups is 2. The third-order valence-electron chi connectivity index (χ3n) is 5.27. The van der Waals surface area contributed by atoms with E-state index in [1.165, 1.54) is 11.3 Å². The maximum Gasteiger partial charge on any atom is 0.264 e. The highest BCUT2D eigenvalue weighted by Gasteiger charge is 2.58. The van der Waals surface area contributed by atoms with E-state index in [0.29, 0.717) is 17.8 Å². The zero-order valence-electron chi connectivity index (χ0n) is 16.8. The lowest BCUT2D eigenvalue weighted by atomic mass is 9.88. The molecule has 7 nitrogen and oxygen atoms in total. The van der Waals surface area contributed by atoms with Crippen LogP contribution < -0.4 is 0 Å². The Bertz CT molecular complexity index is 853. The average molecular weight is 450 g/mol. The summed E-state index contributed by atoms with van der Waals surface area (Å²) in [6.45, 7) is 5.05. The normalized spacial score (nSPS) is 24.8. The van der Waals surface area contributed by atoms with Crippen LogP contribution in [0.25, 0.3) is 0 Å². The Morgan fingerprint density at radius 2 is 1.96 bits per heavy atom. The summed E-state index contributed by atoms with van der Waals surface area (Å²) in [5.74, 6) is -1.01. The van der Waals surface area contributed by atoms with E-state index in [1.807, 2.05) is 45.0 Å². The van der Waals surface area contributed by atoms with Gasteiger partial charge in [-0.15, -0.1) is 23.7 Å². The van der Waals surface area contributed by atoms with Crippen molar-refractivity contribution >= 4 is 45.6 Å². The molecule has 2 aliphatic rings. The first kappa shape index (κ1) is 23.1. The first-order valence-electron chi connectivity index (χ1n) is 9.10. The summed E-state index contributed by atoms with van der Waals surface area (Å²) in [5, 5.41) is 0. The van der Waals surface area contributed by atoms with Crippen molar-refractivity contribution in [2.75, 3.05) is 26.9 Å². The molecular formula is C18H28ClN3O4S2. The zero-order valence-corrected chi connectivity index (χ0v) is 19.2. The Labute approximate surface area is 177 Å². The predicted molar refractivity (Wildman–Crippen MR) is 112 cm³/mol. The van der Waals surface area contributed by atoms with E-state index in [-0.39, 0.29) is 36.2 Å². The smallest absolute Gasteiger partial charge is 0.264 e. The molecule has 2 amide bonds. The molecule has 1 aromatic rings. The van der Waals surface area contributed by atoms with Gasteiger partial charge in [-0.3, -0.25) is 9.59 Å². The molecule has 2 fully saturated rings. The Kier molecular flexibility index (Phi) is 6.85. The molecule has 2 saturated heterocycles. The largest absolute Gasteiger partial charge is 0.332 e. The van der Waals surface area contributed by atoms with Gasteiger partial charge in [0.15, 0.2) is 0 Å². The van der Waals surface area contributed by atoms with Crippen molar-refractivity contribution < 1.29 is 18.0 Å². The van der Waals surface area contributed by atoms with Crippen LogP contribution in [0.4, 0.5) is 0 Å². The van der Waals surface area contributed by atoms with Crippen LogP contribution in [0.3, 0.4) is 0 Å². The van der Waals surface area contributed by atoms with E-state index in [1.54, 1.807) is 4.90 Å². The van der Waals surface area contributed by atoms with Gasteiger partial charge >= 0.3 is 0 Å². The SMILES string of the molecule is CC(C)[C@H]1C(=O)N(S(C)(=O)=O)[C@H]2CCN(C(=O)c3ccc(CN(C)C)s3)[C@H]12.Cl. The monoisotopic (exact) mass is 449 g/mol. The Morgan fingerprint density at radius 3 is 2.50 bits per heavy atom. The highest BCUT2D eigenvalue weighted by Crippen LogP contribution is 2.42. The van der Waals surface area contributed by atoms with Gasteiger partial charge in [-0.05, 0) is 38.6 Å². The van der Waals surface area contributed by atoms with Crippen molar-refractivity contribution in [3.8, 4) is 0 Å². The number of rotatable bonds is 5. The zero-order chi connectivity index (χ0) is 20.1. The number of sulfonamides is 1. The Balaban J connectivity index is 0.00000280. The topological polar surface area (TPSA) is 78.0 Å². The minimum Gasteiger partial charge on any atom is -0.332 e. The van der Waals surface area contributed by atoms with Crippen LogP contribution in [-0.4, -0.2) is 73.3 Å². The molecule has 2 aliphatic heterocycles. The number of thiophene rings is 1. The van der Waals surface area contributed by atoms with Gasteiger partial charge in [-0.2, -0.15) is 0 Å². The van der Waals surface area contributed by atoms with Crippen molar-refractivity contribution in [2.24, 2.45) is 11.8 Å². The molecule has 28 heavy (non-hydrogen) atoms. The van der Waals surface area contributed by atoms with E-state index in [0.717, 1.165) is 22.0 Å². The highest BCUT2D eigenvalue weighted by molar-refractivity contribution is 7.88. The summed E-state index contributed by atoms with van der Waals surface area (Å²) in [5.41, 5.74) is 0. The molecule has 3 rings (SSSR count). The van der Waals surface area contributed by atoms with Gasteiger partial charge in [0.05, 0.1) is 29.1 Å². The van der Waals surface area contributed by atoms with Crippen molar-refractivity contribution in [2.45, 2.75) is 38.9 Å². The van der Waals surface area contributed by atoms with E-state index in [4.69, 9.17) is 0 Å². The predicted octanol–water partition coefficient (Wildman–Crippen LogP) is 1.89. The number of amides is 2. The summed E-state index contributed by atoms with van der Waals surface area (Å²) in [6, 6.07) is 2.94. The number of hydrogen-bond donors (Lipinski definition) is 0. The van der Waals surface area contributed by atoms with Gasteiger partial charge in [-0.25, -0.2) is 12.7 Å². The average Bonchev–Trinajstić information content (AvgIpc) is 3.18. The fourth-order valence-corrected chi connectivity index (χ4v) is 6.55. The standard InChI is InChI=1S/C18H27N3O4S2.ClH/c1-11(2)15-16-13(21(18(15)23)27(5,24)25)8-9-20(16)17(22)14-7-6-12(26-14)10-19(3)4;/h6-7,11,13,15-16H,8-10H2,1-5H3;1H/t13-,15+,16-;/m0./s1.